The molecule has 0 saturated carbocycles. The predicted octanol–water partition coefficient (Wildman–Crippen LogP) is 5.99. The van der Waals surface area contributed by atoms with E-state index in [1.165, 1.54) is 36.5 Å². The molecule has 2 nitrogen and oxygen atoms in total. The number of hydrogen-bond acceptors (Lipinski definition) is 1. The van der Waals surface area contributed by atoms with E-state index in [4.69, 9.17) is 5.11 Å². The van der Waals surface area contributed by atoms with Crippen LogP contribution in [-0.2, 0) is 4.79 Å². The van der Waals surface area contributed by atoms with Crippen molar-refractivity contribution in [1.82, 2.24) is 0 Å². The lowest BCUT2D eigenvalue weighted by Crippen LogP contribution is -2.19. The fourth-order valence-corrected chi connectivity index (χ4v) is 3.03. The lowest BCUT2D eigenvalue weighted by molar-refractivity contribution is -0.131. The van der Waals surface area contributed by atoms with Gasteiger partial charge in [0, 0.05) is 6.08 Å². The first-order valence-electron chi connectivity index (χ1n) is 8.43. The van der Waals surface area contributed by atoms with Gasteiger partial charge in [0.15, 0.2) is 0 Å². The molecule has 0 aromatic carbocycles. The van der Waals surface area contributed by atoms with E-state index in [1.54, 1.807) is 0 Å². The summed E-state index contributed by atoms with van der Waals surface area (Å²) in [6, 6.07) is 0. The van der Waals surface area contributed by atoms with Crippen LogP contribution < -0.4 is 0 Å². The van der Waals surface area contributed by atoms with Crippen molar-refractivity contribution < 1.29 is 9.90 Å². The van der Waals surface area contributed by atoms with E-state index in [9.17, 15) is 4.79 Å². The van der Waals surface area contributed by atoms with Crippen LogP contribution in [0, 0.1) is 5.41 Å². The summed E-state index contributed by atoms with van der Waals surface area (Å²) in [5.41, 5.74) is 5.19. The number of hydrogen-bond donors (Lipinski definition) is 1. The Morgan fingerprint density at radius 2 is 2.00 bits per heavy atom. The molecule has 0 aromatic heterocycles. The number of aliphatic carboxylic acids is 1. The number of rotatable bonds is 6. The normalized spacial score (nSPS) is 19.9. The third-order valence-electron chi connectivity index (χ3n) is 4.44. The molecule has 0 amide bonds. The molecule has 0 unspecified atom stereocenters. The molecule has 0 aromatic rings. The standard InChI is InChI=1S/C21H30O2/c1-6-18(15-20(22)23)11-7-9-16(2)12-13-19-17(3)10-8-14-21(19,4)5/h7,9,11-13,15H,6,8,10,14H2,1-5H3,(H,22,23)/b11-7+,13-12+,16-9+,18-15+. The van der Waals surface area contributed by atoms with Gasteiger partial charge in [-0.25, -0.2) is 4.79 Å². The Morgan fingerprint density at radius 3 is 2.57 bits per heavy atom. The molecule has 0 radical (unpaired) electrons. The van der Waals surface area contributed by atoms with Gasteiger partial charge in [0.1, 0.15) is 0 Å². The highest BCUT2D eigenvalue weighted by atomic mass is 16.4. The fourth-order valence-electron chi connectivity index (χ4n) is 3.03. The zero-order valence-corrected chi connectivity index (χ0v) is 15.1. The smallest absolute Gasteiger partial charge is 0.328 e. The molecule has 1 aliphatic rings. The minimum atomic E-state index is -0.894. The molecule has 0 aliphatic heterocycles. The molecular weight excluding hydrogens is 284 g/mol. The van der Waals surface area contributed by atoms with Gasteiger partial charge in [-0.2, -0.15) is 0 Å². The molecule has 0 spiro atoms. The summed E-state index contributed by atoms with van der Waals surface area (Å²) in [5, 5.41) is 8.78. The summed E-state index contributed by atoms with van der Waals surface area (Å²) in [6.07, 6.45) is 15.9. The molecule has 0 atom stereocenters. The summed E-state index contributed by atoms with van der Waals surface area (Å²) < 4.78 is 0. The van der Waals surface area contributed by atoms with Crippen molar-refractivity contribution in [3.63, 3.8) is 0 Å². The van der Waals surface area contributed by atoms with Crippen LogP contribution in [0.5, 0.6) is 0 Å². The summed E-state index contributed by atoms with van der Waals surface area (Å²) in [7, 11) is 0. The third-order valence-corrected chi connectivity index (χ3v) is 4.44. The van der Waals surface area contributed by atoms with E-state index in [-0.39, 0.29) is 5.41 Å². The Morgan fingerprint density at radius 1 is 1.30 bits per heavy atom. The van der Waals surface area contributed by atoms with Gasteiger partial charge in [-0.15, -0.1) is 0 Å². The molecule has 126 valence electrons. The largest absolute Gasteiger partial charge is 0.478 e. The highest BCUT2D eigenvalue weighted by molar-refractivity contribution is 5.81. The maximum absolute atomic E-state index is 10.7. The zero-order valence-electron chi connectivity index (χ0n) is 15.1. The predicted molar refractivity (Wildman–Crippen MR) is 98.4 cm³/mol. The Labute approximate surface area is 141 Å². The fraction of sp³-hybridized carbons (Fsp3) is 0.476. The quantitative estimate of drug-likeness (QED) is 0.483. The highest BCUT2D eigenvalue weighted by Gasteiger charge is 2.26. The van der Waals surface area contributed by atoms with Crippen LogP contribution in [0.2, 0.25) is 0 Å². The van der Waals surface area contributed by atoms with Gasteiger partial charge in [-0.3, -0.25) is 0 Å². The van der Waals surface area contributed by atoms with Crippen LogP contribution in [0.1, 0.15) is 60.3 Å². The maximum Gasteiger partial charge on any atom is 0.328 e. The highest BCUT2D eigenvalue weighted by Crippen LogP contribution is 2.40. The molecule has 0 saturated heterocycles. The van der Waals surface area contributed by atoms with Gasteiger partial charge in [0.25, 0.3) is 0 Å². The Bertz CT molecular complexity index is 581. The first-order valence-corrected chi connectivity index (χ1v) is 8.43. The second-order valence-electron chi connectivity index (χ2n) is 6.95. The second-order valence-corrected chi connectivity index (χ2v) is 6.95. The van der Waals surface area contributed by atoms with Crippen molar-refractivity contribution in [2.75, 3.05) is 0 Å². The molecule has 0 fully saturated rings. The molecule has 0 heterocycles. The lowest BCUT2D eigenvalue weighted by atomic mass is 9.72. The lowest BCUT2D eigenvalue weighted by Gasteiger charge is -2.32. The number of carbonyl (C=O) groups is 1. The zero-order chi connectivity index (χ0) is 17.5. The summed E-state index contributed by atoms with van der Waals surface area (Å²) >= 11 is 0. The Kier molecular flexibility index (Phi) is 7.28. The van der Waals surface area contributed by atoms with E-state index in [2.05, 4.69) is 39.8 Å². The van der Waals surface area contributed by atoms with Crippen LogP contribution in [0.3, 0.4) is 0 Å². The molecule has 1 rings (SSSR count). The number of carboxylic acids is 1. The second kappa shape index (κ2) is 8.71. The van der Waals surface area contributed by atoms with Gasteiger partial charge >= 0.3 is 5.97 Å². The average Bonchev–Trinajstić information content (AvgIpc) is 2.44. The van der Waals surface area contributed by atoms with Crippen LogP contribution in [0.4, 0.5) is 0 Å². The van der Waals surface area contributed by atoms with E-state index in [1.807, 2.05) is 25.2 Å². The average molecular weight is 314 g/mol. The van der Waals surface area contributed by atoms with Crippen molar-refractivity contribution >= 4 is 5.97 Å². The first-order chi connectivity index (χ1) is 10.8. The van der Waals surface area contributed by atoms with Crippen LogP contribution in [0.25, 0.3) is 0 Å². The van der Waals surface area contributed by atoms with Crippen LogP contribution in [0.15, 0.2) is 58.7 Å². The van der Waals surface area contributed by atoms with Crippen molar-refractivity contribution in [3.05, 3.63) is 58.7 Å². The monoisotopic (exact) mass is 314 g/mol. The van der Waals surface area contributed by atoms with E-state index >= 15 is 0 Å². The van der Waals surface area contributed by atoms with Gasteiger partial charge < -0.3 is 5.11 Å². The molecule has 1 aliphatic carbocycles. The van der Waals surface area contributed by atoms with Crippen molar-refractivity contribution in [3.8, 4) is 0 Å². The molecule has 2 heteroatoms. The minimum Gasteiger partial charge on any atom is -0.478 e. The van der Waals surface area contributed by atoms with E-state index < -0.39 is 5.97 Å². The Balaban J connectivity index is 2.82. The summed E-state index contributed by atoms with van der Waals surface area (Å²) in [6.45, 7) is 10.9. The molecule has 0 bridgehead atoms. The summed E-state index contributed by atoms with van der Waals surface area (Å²) in [4.78, 5) is 10.7. The maximum atomic E-state index is 10.7. The molecule has 23 heavy (non-hydrogen) atoms. The van der Waals surface area contributed by atoms with Gasteiger partial charge in [0.05, 0.1) is 0 Å². The van der Waals surface area contributed by atoms with E-state index in [0.717, 1.165) is 11.1 Å². The van der Waals surface area contributed by atoms with Gasteiger partial charge in [-0.05, 0) is 56.1 Å². The SMILES string of the molecule is CCC(/C=C/C=C(C)/C=C/C1=C(C)CCCC1(C)C)=C\C(=O)O. The van der Waals surface area contributed by atoms with Crippen LogP contribution in [-0.4, -0.2) is 11.1 Å². The minimum absolute atomic E-state index is 0.258. The van der Waals surface area contributed by atoms with Crippen molar-refractivity contribution in [2.24, 2.45) is 5.41 Å². The van der Waals surface area contributed by atoms with Gasteiger partial charge in [-0.1, -0.05) is 62.3 Å². The topological polar surface area (TPSA) is 37.3 Å². The first kappa shape index (κ1) is 19.2. The van der Waals surface area contributed by atoms with Crippen LogP contribution >= 0.6 is 0 Å². The van der Waals surface area contributed by atoms with E-state index in [0.29, 0.717) is 6.42 Å². The van der Waals surface area contributed by atoms with Crippen molar-refractivity contribution in [1.29, 1.82) is 0 Å². The molecule has 1 N–H and O–H groups in total. The van der Waals surface area contributed by atoms with Crippen molar-refractivity contribution in [2.45, 2.75) is 60.3 Å². The number of carboxylic acid groups (broad SMARTS) is 1. The Hall–Kier alpha value is -1.83. The third kappa shape index (κ3) is 6.43. The molecular formula is C21H30O2. The number of allylic oxidation sites excluding steroid dienone is 9. The van der Waals surface area contributed by atoms with Gasteiger partial charge in [0.2, 0.25) is 0 Å². The summed E-state index contributed by atoms with van der Waals surface area (Å²) in [5.74, 6) is -0.894.